The molecule has 0 aromatic heterocycles. The van der Waals surface area contributed by atoms with E-state index in [1.807, 2.05) is 0 Å². The van der Waals surface area contributed by atoms with Gasteiger partial charge in [-0.05, 0) is 38.5 Å². The second kappa shape index (κ2) is 41.0. The Balaban J connectivity index is 1.70. The monoisotopic (exact) mass is 813 g/mol. The summed E-state index contributed by atoms with van der Waals surface area (Å²) in [7, 11) is -0.492. The molecule has 0 aliphatic heterocycles. The van der Waals surface area contributed by atoms with Crippen molar-refractivity contribution in [3.8, 4) is 0 Å². The molecular weight excluding hydrogens is 707 g/mol. The van der Waals surface area contributed by atoms with Crippen molar-refractivity contribution in [1.82, 2.24) is 0 Å². The first-order valence-electron chi connectivity index (χ1n) is 27.9. The highest BCUT2D eigenvalue weighted by atomic mass is 16.7. The standard InChI is InChI=1S/C54H105BO3/c1-4-10-16-22-28-34-40-46-52(47-41-35-29-23-17-11-5-1)56-55(57-53-48-42-36-30-24-18-12-6-2-7-13-19-25-31-37-43-49-53)58-54-50-44-38-32-26-20-14-8-3-9-15-21-27-33-39-45-51-54/h52-54H,1-51H2. The molecule has 3 fully saturated rings. The van der Waals surface area contributed by atoms with Gasteiger partial charge in [-0.25, -0.2) is 0 Å². The fourth-order valence-electron chi connectivity index (χ4n) is 10.5. The van der Waals surface area contributed by atoms with E-state index >= 15 is 0 Å². The van der Waals surface area contributed by atoms with Gasteiger partial charge in [0.25, 0.3) is 0 Å². The van der Waals surface area contributed by atoms with Crippen molar-refractivity contribution in [2.45, 2.75) is 346 Å². The summed E-state index contributed by atoms with van der Waals surface area (Å²) in [4.78, 5) is 0. The fourth-order valence-corrected chi connectivity index (χ4v) is 10.5. The Morgan fingerprint density at radius 3 is 0.379 bits per heavy atom. The van der Waals surface area contributed by atoms with Crippen molar-refractivity contribution in [2.75, 3.05) is 0 Å². The van der Waals surface area contributed by atoms with Crippen LogP contribution in [0.1, 0.15) is 327 Å². The Labute approximate surface area is 365 Å². The molecule has 3 nitrogen and oxygen atoms in total. The third kappa shape index (κ3) is 32.6. The lowest BCUT2D eigenvalue weighted by Gasteiger charge is -2.29. The summed E-state index contributed by atoms with van der Waals surface area (Å²) in [6.45, 7) is 0. The summed E-state index contributed by atoms with van der Waals surface area (Å²) in [5, 5.41) is 0. The summed E-state index contributed by atoms with van der Waals surface area (Å²) in [5.41, 5.74) is 0. The zero-order chi connectivity index (χ0) is 40.5. The maximum atomic E-state index is 7.22. The molecule has 3 rings (SSSR count). The second-order valence-corrected chi connectivity index (χ2v) is 20.2. The van der Waals surface area contributed by atoms with Crippen LogP contribution in [0.4, 0.5) is 0 Å². The molecule has 0 bridgehead atoms. The van der Waals surface area contributed by atoms with Crippen LogP contribution in [0.5, 0.6) is 0 Å². The molecule has 0 N–H and O–H groups in total. The van der Waals surface area contributed by atoms with E-state index in [1.54, 1.807) is 0 Å². The minimum Gasteiger partial charge on any atom is -0.383 e. The van der Waals surface area contributed by atoms with Crippen molar-refractivity contribution in [3.63, 3.8) is 0 Å². The Kier molecular flexibility index (Phi) is 36.9. The molecule has 0 radical (unpaired) electrons. The van der Waals surface area contributed by atoms with E-state index in [1.165, 1.54) is 327 Å². The first-order chi connectivity index (χ1) is 28.9. The van der Waals surface area contributed by atoms with Crippen molar-refractivity contribution < 1.29 is 14.0 Å². The first kappa shape index (κ1) is 52.3. The zero-order valence-corrected chi connectivity index (χ0v) is 39.6. The smallest absolute Gasteiger partial charge is 0.383 e. The van der Waals surface area contributed by atoms with Gasteiger partial charge in [-0.1, -0.05) is 289 Å². The third-order valence-electron chi connectivity index (χ3n) is 14.6. The maximum absolute atomic E-state index is 7.22. The molecule has 4 heteroatoms. The molecular formula is C54H105BO3. The molecule has 0 spiro atoms. The van der Waals surface area contributed by atoms with Crippen LogP contribution in [-0.2, 0) is 14.0 Å². The van der Waals surface area contributed by atoms with E-state index in [0.29, 0.717) is 0 Å². The van der Waals surface area contributed by atoms with Crippen LogP contribution in [0.3, 0.4) is 0 Å². The second-order valence-electron chi connectivity index (χ2n) is 20.2. The van der Waals surface area contributed by atoms with E-state index in [0.717, 1.165) is 0 Å². The van der Waals surface area contributed by atoms with Gasteiger partial charge in [-0.3, -0.25) is 0 Å². The molecule has 0 saturated heterocycles. The fraction of sp³-hybridized carbons (Fsp3) is 1.00. The lowest BCUT2D eigenvalue weighted by molar-refractivity contribution is -0.00659. The number of hydrogen-bond donors (Lipinski definition) is 0. The average Bonchev–Trinajstić information content (AvgIpc) is 3.22. The average molecular weight is 813 g/mol. The molecule has 58 heavy (non-hydrogen) atoms. The van der Waals surface area contributed by atoms with Gasteiger partial charge in [-0.15, -0.1) is 0 Å². The topological polar surface area (TPSA) is 27.7 Å². The third-order valence-corrected chi connectivity index (χ3v) is 14.6. The number of rotatable bonds is 6. The largest absolute Gasteiger partial charge is 0.640 e. The van der Waals surface area contributed by atoms with E-state index in [9.17, 15) is 0 Å². The quantitative estimate of drug-likeness (QED) is 0.250. The molecule has 3 aliphatic rings. The minimum atomic E-state index is -0.492. The predicted molar refractivity (Wildman–Crippen MR) is 256 cm³/mol. The van der Waals surface area contributed by atoms with E-state index in [-0.39, 0.29) is 18.3 Å². The van der Waals surface area contributed by atoms with Gasteiger partial charge < -0.3 is 14.0 Å². The molecule has 0 atom stereocenters. The summed E-state index contributed by atoms with van der Waals surface area (Å²) < 4.78 is 21.7. The predicted octanol–water partition coefficient (Wildman–Crippen LogP) is 19.1. The number of hydrogen-bond acceptors (Lipinski definition) is 3. The minimum absolute atomic E-state index is 0.266. The van der Waals surface area contributed by atoms with Crippen molar-refractivity contribution in [2.24, 2.45) is 0 Å². The molecule has 0 amide bonds. The van der Waals surface area contributed by atoms with Gasteiger partial charge in [0.2, 0.25) is 0 Å². The van der Waals surface area contributed by atoms with Crippen LogP contribution in [-0.4, -0.2) is 25.6 Å². The van der Waals surface area contributed by atoms with Gasteiger partial charge in [0.1, 0.15) is 0 Å². The van der Waals surface area contributed by atoms with Crippen molar-refractivity contribution >= 4 is 7.32 Å². The summed E-state index contributed by atoms with van der Waals surface area (Å²) >= 11 is 0. The lowest BCUT2D eigenvalue weighted by atomic mass is 9.97. The van der Waals surface area contributed by atoms with E-state index in [4.69, 9.17) is 14.0 Å². The SMILES string of the molecule is C1CCCCCCCCC(OB(OC2CCCCCCCCCCCCCCCCC2)OC2CCCCCCCCCCCCCCCCC2)CCCCCCCC1. The summed E-state index contributed by atoms with van der Waals surface area (Å²) in [5.74, 6) is 0. The van der Waals surface area contributed by atoms with Crippen LogP contribution < -0.4 is 0 Å². The highest BCUT2D eigenvalue weighted by Gasteiger charge is 2.32. The van der Waals surface area contributed by atoms with Crippen LogP contribution in [0.2, 0.25) is 0 Å². The molecule has 0 unspecified atom stereocenters. The molecule has 3 saturated carbocycles. The Bertz CT molecular complexity index is 663. The molecule has 0 aromatic rings. The van der Waals surface area contributed by atoms with Gasteiger partial charge in [-0.2, -0.15) is 0 Å². The zero-order valence-electron chi connectivity index (χ0n) is 39.6. The normalized spacial score (nSPS) is 24.8. The highest BCUT2D eigenvalue weighted by molar-refractivity contribution is 6.36. The Hall–Kier alpha value is -0.0551. The first-order valence-corrected chi connectivity index (χ1v) is 27.9. The van der Waals surface area contributed by atoms with Gasteiger partial charge in [0.05, 0.1) is 0 Å². The van der Waals surface area contributed by atoms with E-state index < -0.39 is 7.32 Å². The maximum Gasteiger partial charge on any atom is 0.640 e. The summed E-state index contributed by atoms with van der Waals surface area (Å²) in [6.07, 6.45) is 71.2. The summed E-state index contributed by atoms with van der Waals surface area (Å²) in [6, 6.07) is 0. The Morgan fingerprint density at radius 2 is 0.259 bits per heavy atom. The van der Waals surface area contributed by atoms with Crippen molar-refractivity contribution in [3.05, 3.63) is 0 Å². The lowest BCUT2D eigenvalue weighted by Crippen LogP contribution is -2.39. The van der Waals surface area contributed by atoms with Crippen LogP contribution in [0, 0.1) is 0 Å². The molecule has 342 valence electrons. The van der Waals surface area contributed by atoms with E-state index in [2.05, 4.69) is 0 Å². The van der Waals surface area contributed by atoms with Gasteiger partial charge >= 0.3 is 7.32 Å². The van der Waals surface area contributed by atoms with Crippen LogP contribution in [0.15, 0.2) is 0 Å². The van der Waals surface area contributed by atoms with Crippen LogP contribution >= 0.6 is 0 Å². The Morgan fingerprint density at radius 1 is 0.155 bits per heavy atom. The van der Waals surface area contributed by atoms with Gasteiger partial charge in [0.15, 0.2) is 0 Å². The van der Waals surface area contributed by atoms with Crippen LogP contribution in [0.25, 0.3) is 0 Å². The molecule has 0 heterocycles. The van der Waals surface area contributed by atoms with Gasteiger partial charge in [0, 0.05) is 18.3 Å². The van der Waals surface area contributed by atoms with Crippen molar-refractivity contribution in [1.29, 1.82) is 0 Å². The molecule has 3 aliphatic carbocycles. The molecule has 0 aromatic carbocycles. The highest BCUT2D eigenvalue weighted by Crippen LogP contribution is 2.26.